The lowest BCUT2D eigenvalue weighted by molar-refractivity contribution is 0.0993. The number of piperazine rings is 1. The van der Waals surface area contributed by atoms with E-state index in [0.29, 0.717) is 41.5 Å². The van der Waals surface area contributed by atoms with Crippen molar-refractivity contribution in [1.29, 1.82) is 0 Å². The van der Waals surface area contributed by atoms with Crippen LogP contribution in [0.15, 0.2) is 66.7 Å². The zero-order valence-electron chi connectivity index (χ0n) is 26.2. The van der Waals surface area contributed by atoms with Crippen LogP contribution in [0.3, 0.4) is 0 Å². The molecule has 0 atom stereocenters. The molecule has 11 nitrogen and oxygen atoms in total. The highest BCUT2D eigenvalue weighted by Crippen LogP contribution is 2.28. The monoisotopic (exact) mass is 608 g/mol. The molecule has 1 saturated heterocycles. The molecule has 5 rings (SSSR count). The molecule has 0 bridgehead atoms. The summed E-state index contributed by atoms with van der Waals surface area (Å²) in [4.78, 5) is 39.2. The predicted molar refractivity (Wildman–Crippen MR) is 179 cm³/mol. The fourth-order valence-corrected chi connectivity index (χ4v) is 5.29. The third-order valence-corrected chi connectivity index (χ3v) is 7.87. The Hall–Kier alpha value is -5.16. The molecule has 11 heteroatoms. The molecule has 2 heterocycles. The Labute approximate surface area is 263 Å². The Morgan fingerprint density at radius 2 is 1.69 bits per heavy atom. The number of nitrogens with one attached hydrogen (secondary N) is 3. The number of carbonyl (C=O) groups is 2. The molecular weight excluding hydrogens is 568 g/mol. The van der Waals surface area contributed by atoms with E-state index in [4.69, 9.17) is 15.5 Å². The summed E-state index contributed by atoms with van der Waals surface area (Å²) >= 11 is 0. The highest BCUT2D eigenvalue weighted by atomic mass is 16.5. The van der Waals surface area contributed by atoms with Gasteiger partial charge in [-0.3, -0.25) is 9.59 Å². The number of primary amides is 1. The maximum absolute atomic E-state index is 12.8. The molecule has 3 aromatic carbocycles. The third-order valence-electron chi connectivity index (χ3n) is 7.87. The number of nitrogens with zero attached hydrogens (tertiary/aromatic N) is 4. The highest BCUT2D eigenvalue weighted by molar-refractivity contribution is 6.05. The van der Waals surface area contributed by atoms with Crippen LogP contribution < -0.4 is 31.3 Å². The highest BCUT2D eigenvalue weighted by Gasteiger charge is 2.19. The number of ether oxygens (including phenoxy) is 1. The SMILES string of the molecule is CCc1nc(C(N)=O)c(Nc2ccc(N3CCN(C)CC3)c(C)c2)nc1NCc1ccc(C(=O)Nc2ccccc2OC)cc1. The largest absolute Gasteiger partial charge is 0.495 e. The second kappa shape index (κ2) is 14.1. The number of hydrogen-bond donors (Lipinski definition) is 4. The fourth-order valence-electron chi connectivity index (χ4n) is 5.29. The summed E-state index contributed by atoms with van der Waals surface area (Å²) in [5.41, 5.74) is 11.6. The number of methoxy groups -OCH3 is 1. The Morgan fingerprint density at radius 1 is 0.956 bits per heavy atom. The number of aromatic nitrogens is 2. The summed E-state index contributed by atoms with van der Waals surface area (Å²) in [7, 11) is 3.71. The number of rotatable bonds is 11. The maximum atomic E-state index is 12.8. The number of benzene rings is 3. The minimum Gasteiger partial charge on any atom is -0.495 e. The Balaban J connectivity index is 1.29. The number of hydrogen-bond acceptors (Lipinski definition) is 9. The molecule has 1 fully saturated rings. The van der Waals surface area contributed by atoms with Gasteiger partial charge in [0, 0.05) is 49.7 Å². The Bertz CT molecular complexity index is 1670. The molecular formula is C34H40N8O3. The van der Waals surface area contributed by atoms with E-state index in [1.54, 1.807) is 31.4 Å². The lowest BCUT2D eigenvalue weighted by Gasteiger charge is -2.35. The fraction of sp³-hybridized carbons (Fsp3) is 0.294. The average molecular weight is 609 g/mol. The normalized spacial score (nSPS) is 13.3. The van der Waals surface area contributed by atoms with Crippen molar-refractivity contribution in [3.63, 3.8) is 0 Å². The summed E-state index contributed by atoms with van der Waals surface area (Å²) in [5.74, 6) is 0.543. The van der Waals surface area contributed by atoms with Gasteiger partial charge >= 0.3 is 0 Å². The molecule has 1 aromatic heterocycles. The second-order valence-electron chi connectivity index (χ2n) is 11.1. The Kier molecular flexibility index (Phi) is 9.79. The van der Waals surface area contributed by atoms with Crippen LogP contribution in [-0.2, 0) is 13.0 Å². The van der Waals surface area contributed by atoms with Crippen molar-refractivity contribution in [2.75, 3.05) is 61.2 Å². The summed E-state index contributed by atoms with van der Waals surface area (Å²) in [5, 5.41) is 9.51. The second-order valence-corrected chi connectivity index (χ2v) is 11.1. The quantitative estimate of drug-likeness (QED) is 0.189. The van der Waals surface area contributed by atoms with E-state index in [-0.39, 0.29) is 17.4 Å². The molecule has 0 spiro atoms. The van der Waals surface area contributed by atoms with Gasteiger partial charge in [0.15, 0.2) is 17.3 Å². The third kappa shape index (κ3) is 7.50. The molecule has 1 aliphatic rings. The molecule has 4 aromatic rings. The van der Waals surface area contributed by atoms with Crippen LogP contribution >= 0.6 is 0 Å². The number of amides is 2. The van der Waals surface area contributed by atoms with Gasteiger partial charge in [0.1, 0.15) is 5.75 Å². The maximum Gasteiger partial charge on any atom is 0.271 e. The van der Waals surface area contributed by atoms with Crippen molar-refractivity contribution in [3.05, 3.63) is 94.8 Å². The van der Waals surface area contributed by atoms with E-state index in [0.717, 1.165) is 43.0 Å². The molecule has 0 unspecified atom stereocenters. The number of aryl methyl sites for hydroxylation is 2. The van der Waals surface area contributed by atoms with Gasteiger partial charge in [-0.25, -0.2) is 9.97 Å². The summed E-state index contributed by atoms with van der Waals surface area (Å²) in [6.07, 6.45) is 0.552. The first-order valence-electron chi connectivity index (χ1n) is 15.0. The molecule has 0 radical (unpaired) electrons. The van der Waals surface area contributed by atoms with Crippen LogP contribution in [0, 0.1) is 6.92 Å². The average Bonchev–Trinajstić information content (AvgIpc) is 3.04. The van der Waals surface area contributed by atoms with Gasteiger partial charge < -0.3 is 36.2 Å². The van der Waals surface area contributed by atoms with Gasteiger partial charge in [0.05, 0.1) is 18.5 Å². The van der Waals surface area contributed by atoms with Crippen LogP contribution in [0.1, 0.15) is 44.6 Å². The van der Waals surface area contributed by atoms with E-state index < -0.39 is 5.91 Å². The van der Waals surface area contributed by atoms with Crippen molar-refractivity contribution < 1.29 is 14.3 Å². The molecule has 5 N–H and O–H groups in total. The first-order chi connectivity index (χ1) is 21.7. The van der Waals surface area contributed by atoms with Gasteiger partial charge in [-0.05, 0) is 74.0 Å². The summed E-state index contributed by atoms with van der Waals surface area (Å²) < 4.78 is 5.32. The molecule has 45 heavy (non-hydrogen) atoms. The molecule has 0 aliphatic carbocycles. The number of nitrogens with two attached hydrogens (primary N) is 1. The minimum atomic E-state index is -0.654. The van der Waals surface area contributed by atoms with E-state index in [2.05, 4.69) is 50.8 Å². The zero-order chi connectivity index (χ0) is 31.9. The smallest absolute Gasteiger partial charge is 0.271 e. The topological polar surface area (TPSA) is 138 Å². The van der Waals surface area contributed by atoms with E-state index in [1.165, 1.54) is 5.69 Å². The van der Waals surface area contributed by atoms with Crippen molar-refractivity contribution in [1.82, 2.24) is 14.9 Å². The zero-order valence-corrected chi connectivity index (χ0v) is 26.2. The standard InChI is InChI=1S/C34H40N8O3/c1-5-26-32(36-21-23-10-12-24(13-11-23)34(44)39-27-8-6-7-9-29(27)45-4)40-33(30(38-26)31(35)43)37-25-14-15-28(22(2)20-25)42-18-16-41(3)17-19-42/h6-15,20H,5,16-19,21H2,1-4H3,(H2,35,43)(H,39,44)(H2,36,37,40). The minimum absolute atomic E-state index is 0.0867. The van der Waals surface area contributed by atoms with Crippen LogP contribution in [-0.4, -0.2) is 67.0 Å². The van der Waals surface area contributed by atoms with Gasteiger partial charge in [0.25, 0.3) is 11.8 Å². The number of likely N-dealkylation sites (N-methyl/N-ethyl adjacent to an activating group) is 1. The predicted octanol–water partition coefficient (Wildman–Crippen LogP) is 4.81. The first-order valence-corrected chi connectivity index (χ1v) is 15.0. The summed E-state index contributed by atoms with van der Waals surface area (Å²) in [6.45, 7) is 8.48. The summed E-state index contributed by atoms with van der Waals surface area (Å²) in [6, 6.07) is 20.7. The van der Waals surface area contributed by atoms with Gasteiger partial charge in [-0.1, -0.05) is 31.2 Å². The molecule has 234 valence electrons. The lowest BCUT2D eigenvalue weighted by atomic mass is 10.1. The van der Waals surface area contributed by atoms with E-state index in [9.17, 15) is 9.59 Å². The van der Waals surface area contributed by atoms with E-state index in [1.807, 2.05) is 43.3 Å². The van der Waals surface area contributed by atoms with Crippen molar-refractivity contribution in [2.24, 2.45) is 5.73 Å². The number of anilines is 5. The number of carbonyl (C=O) groups excluding carboxylic acids is 2. The molecule has 2 amide bonds. The van der Waals surface area contributed by atoms with Crippen molar-refractivity contribution in [2.45, 2.75) is 26.8 Å². The van der Waals surface area contributed by atoms with Crippen molar-refractivity contribution in [3.8, 4) is 5.75 Å². The molecule has 1 aliphatic heterocycles. The lowest BCUT2D eigenvalue weighted by Crippen LogP contribution is -2.44. The van der Waals surface area contributed by atoms with E-state index >= 15 is 0 Å². The first kappa shape index (κ1) is 31.3. The van der Waals surface area contributed by atoms with Crippen molar-refractivity contribution >= 4 is 40.5 Å². The van der Waals surface area contributed by atoms with Gasteiger partial charge in [0.2, 0.25) is 0 Å². The van der Waals surface area contributed by atoms with Crippen LogP contribution in [0.2, 0.25) is 0 Å². The number of para-hydroxylation sites is 2. The van der Waals surface area contributed by atoms with Crippen LogP contribution in [0.25, 0.3) is 0 Å². The Morgan fingerprint density at radius 3 is 2.36 bits per heavy atom. The molecule has 0 saturated carbocycles. The van der Waals surface area contributed by atoms with Crippen LogP contribution in [0.4, 0.5) is 28.7 Å². The van der Waals surface area contributed by atoms with Gasteiger partial charge in [-0.2, -0.15) is 0 Å². The van der Waals surface area contributed by atoms with Gasteiger partial charge in [-0.15, -0.1) is 0 Å². The van der Waals surface area contributed by atoms with Crippen LogP contribution in [0.5, 0.6) is 5.75 Å².